The lowest BCUT2D eigenvalue weighted by atomic mass is 10.2. The largest absolute Gasteiger partial charge is 0.379 e. The highest BCUT2D eigenvalue weighted by Gasteiger charge is 2.10. The van der Waals surface area contributed by atoms with Crippen molar-refractivity contribution < 1.29 is 9.66 Å². The van der Waals surface area contributed by atoms with E-state index in [9.17, 15) is 10.1 Å². The highest BCUT2D eigenvalue weighted by atomic mass is 16.6. The molecule has 0 aliphatic heterocycles. The molecule has 1 heterocycles. The Morgan fingerprint density at radius 3 is 2.68 bits per heavy atom. The van der Waals surface area contributed by atoms with Gasteiger partial charge in [-0.3, -0.25) is 10.1 Å². The van der Waals surface area contributed by atoms with Gasteiger partial charge in [0.2, 0.25) is 0 Å². The van der Waals surface area contributed by atoms with E-state index >= 15 is 0 Å². The molecule has 0 spiro atoms. The van der Waals surface area contributed by atoms with E-state index in [1.807, 2.05) is 0 Å². The minimum absolute atomic E-state index is 0.00458. The van der Waals surface area contributed by atoms with Crippen LogP contribution >= 0.6 is 0 Å². The maximum atomic E-state index is 10.8. The molecule has 0 aromatic carbocycles. The Morgan fingerprint density at radius 2 is 2.11 bits per heavy atom. The molecule has 0 unspecified atom stereocenters. The number of nitro groups is 1. The lowest BCUT2D eigenvalue weighted by Gasteiger charge is -2.09. The molecule has 0 bridgehead atoms. The Kier molecular flexibility index (Phi) is 6.01. The summed E-state index contributed by atoms with van der Waals surface area (Å²) in [5.41, 5.74) is 0.00458. The standard InChI is InChI=1S/C12H20N4O3/c1-9(2)8-19-5-4-14-12-7-10(16(17)18)6-11(13-3)15-12/h6-7,9H,4-5,8H2,1-3H3,(H2,13,14,15). The molecule has 0 aliphatic carbocycles. The normalized spacial score (nSPS) is 10.5. The summed E-state index contributed by atoms with van der Waals surface area (Å²) in [6, 6.07) is 2.80. The highest BCUT2D eigenvalue weighted by Crippen LogP contribution is 2.19. The number of rotatable bonds is 8. The average molecular weight is 268 g/mol. The summed E-state index contributed by atoms with van der Waals surface area (Å²) in [4.78, 5) is 14.5. The van der Waals surface area contributed by atoms with Crippen LogP contribution in [0.15, 0.2) is 12.1 Å². The van der Waals surface area contributed by atoms with Gasteiger partial charge in [-0.15, -0.1) is 0 Å². The maximum Gasteiger partial charge on any atom is 0.276 e. The van der Waals surface area contributed by atoms with Crippen LogP contribution in [0.25, 0.3) is 0 Å². The number of nitrogens with one attached hydrogen (secondary N) is 2. The maximum absolute atomic E-state index is 10.8. The van der Waals surface area contributed by atoms with Gasteiger partial charge in [0.05, 0.1) is 23.7 Å². The molecule has 2 N–H and O–H groups in total. The average Bonchev–Trinajstić information content (AvgIpc) is 2.37. The first kappa shape index (κ1) is 15.2. The highest BCUT2D eigenvalue weighted by molar-refractivity contribution is 5.54. The van der Waals surface area contributed by atoms with E-state index in [0.717, 1.165) is 0 Å². The Bertz CT molecular complexity index is 423. The summed E-state index contributed by atoms with van der Waals surface area (Å²) in [5, 5.41) is 16.6. The number of aromatic nitrogens is 1. The zero-order chi connectivity index (χ0) is 14.3. The van der Waals surface area contributed by atoms with E-state index in [-0.39, 0.29) is 5.69 Å². The molecule has 1 rings (SSSR count). The first-order valence-corrected chi connectivity index (χ1v) is 6.18. The van der Waals surface area contributed by atoms with E-state index in [1.165, 1.54) is 12.1 Å². The predicted molar refractivity (Wildman–Crippen MR) is 74.6 cm³/mol. The van der Waals surface area contributed by atoms with Crippen molar-refractivity contribution in [2.75, 3.05) is 37.4 Å². The third kappa shape index (κ3) is 5.52. The first-order chi connectivity index (χ1) is 9.02. The zero-order valence-corrected chi connectivity index (χ0v) is 11.5. The summed E-state index contributed by atoms with van der Waals surface area (Å²) in [6.45, 7) is 5.96. The third-order valence-corrected chi connectivity index (χ3v) is 2.28. The van der Waals surface area contributed by atoms with E-state index in [1.54, 1.807) is 7.05 Å². The van der Waals surface area contributed by atoms with Crippen molar-refractivity contribution in [2.45, 2.75) is 13.8 Å². The minimum Gasteiger partial charge on any atom is -0.379 e. The Balaban J connectivity index is 2.53. The second kappa shape index (κ2) is 7.52. The van der Waals surface area contributed by atoms with Crippen LogP contribution in [-0.4, -0.2) is 36.7 Å². The van der Waals surface area contributed by atoms with Gasteiger partial charge in [-0.05, 0) is 5.92 Å². The van der Waals surface area contributed by atoms with Gasteiger partial charge in [0.1, 0.15) is 11.6 Å². The summed E-state index contributed by atoms with van der Waals surface area (Å²) >= 11 is 0. The molecule has 0 amide bonds. The lowest BCUT2D eigenvalue weighted by Crippen LogP contribution is -2.13. The van der Waals surface area contributed by atoms with Gasteiger partial charge in [-0.25, -0.2) is 4.98 Å². The molecule has 106 valence electrons. The van der Waals surface area contributed by atoms with Gasteiger partial charge in [-0.1, -0.05) is 13.8 Å². The van der Waals surface area contributed by atoms with Gasteiger partial charge in [0, 0.05) is 20.2 Å². The summed E-state index contributed by atoms with van der Waals surface area (Å²) in [7, 11) is 1.67. The summed E-state index contributed by atoms with van der Waals surface area (Å²) in [5.74, 6) is 1.42. The van der Waals surface area contributed by atoms with Crippen molar-refractivity contribution in [3.8, 4) is 0 Å². The predicted octanol–water partition coefficient (Wildman–Crippen LogP) is 2.12. The quantitative estimate of drug-likeness (QED) is 0.426. The van der Waals surface area contributed by atoms with Gasteiger partial charge in [0.25, 0.3) is 5.69 Å². The van der Waals surface area contributed by atoms with Crippen LogP contribution in [0, 0.1) is 16.0 Å². The van der Waals surface area contributed by atoms with Crippen LogP contribution < -0.4 is 10.6 Å². The van der Waals surface area contributed by atoms with Crippen molar-refractivity contribution in [3.05, 3.63) is 22.2 Å². The van der Waals surface area contributed by atoms with Crippen LogP contribution in [0.4, 0.5) is 17.3 Å². The van der Waals surface area contributed by atoms with Crippen molar-refractivity contribution in [3.63, 3.8) is 0 Å². The number of anilines is 2. The molecule has 0 radical (unpaired) electrons. The Morgan fingerprint density at radius 1 is 1.42 bits per heavy atom. The summed E-state index contributed by atoms with van der Waals surface area (Å²) < 4.78 is 5.41. The molecule has 0 aliphatic rings. The molecule has 1 aromatic heterocycles. The molecule has 0 saturated heterocycles. The fourth-order valence-electron chi connectivity index (χ4n) is 1.41. The Labute approximate surface area is 112 Å². The molecule has 0 saturated carbocycles. The smallest absolute Gasteiger partial charge is 0.276 e. The number of hydrogen-bond acceptors (Lipinski definition) is 6. The first-order valence-electron chi connectivity index (χ1n) is 6.18. The SMILES string of the molecule is CNc1cc([N+](=O)[O-])cc(NCCOCC(C)C)n1. The van der Waals surface area contributed by atoms with Gasteiger partial charge in [0.15, 0.2) is 0 Å². The minimum atomic E-state index is -0.442. The molecule has 1 aromatic rings. The van der Waals surface area contributed by atoms with Crippen molar-refractivity contribution >= 4 is 17.3 Å². The molecule has 0 fully saturated rings. The number of nitrogens with zero attached hydrogens (tertiary/aromatic N) is 2. The number of ether oxygens (including phenoxy) is 1. The van der Waals surface area contributed by atoms with Crippen molar-refractivity contribution in [1.82, 2.24) is 4.98 Å². The number of hydrogen-bond donors (Lipinski definition) is 2. The molecule has 0 atom stereocenters. The molecule has 19 heavy (non-hydrogen) atoms. The van der Waals surface area contributed by atoms with Crippen LogP contribution in [0.5, 0.6) is 0 Å². The molecule has 7 heteroatoms. The van der Waals surface area contributed by atoms with E-state index in [0.29, 0.717) is 37.3 Å². The molecular weight excluding hydrogens is 248 g/mol. The number of pyridine rings is 1. The van der Waals surface area contributed by atoms with Crippen LogP contribution in [0.2, 0.25) is 0 Å². The second-order valence-electron chi connectivity index (χ2n) is 4.50. The summed E-state index contributed by atoms with van der Waals surface area (Å²) in [6.07, 6.45) is 0. The molecular formula is C12H20N4O3. The van der Waals surface area contributed by atoms with Gasteiger partial charge < -0.3 is 15.4 Å². The van der Waals surface area contributed by atoms with Crippen molar-refractivity contribution in [2.24, 2.45) is 5.92 Å². The fraction of sp³-hybridized carbons (Fsp3) is 0.583. The van der Waals surface area contributed by atoms with Crippen molar-refractivity contribution in [1.29, 1.82) is 0 Å². The van der Waals surface area contributed by atoms with E-state index in [4.69, 9.17) is 4.74 Å². The zero-order valence-electron chi connectivity index (χ0n) is 11.5. The van der Waals surface area contributed by atoms with Crippen LogP contribution in [0.3, 0.4) is 0 Å². The second-order valence-corrected chi connectivity index (χ2v) is 4.50. The Hall–Kier alpha value is -1.89. The van der Waals surface area contributed by atoms with Gasteiger partial charge in [-0.2, -0.15) is 0 Å². The topological polar surface area (TPSA) is 89.3 Å². The van der Waals surface area contributed by atoms with Crippen LogP contribution in [-0.2, 0) is 4.74 Å². The fourth-order valence-corrected chi connectivity index (χ4v) is 1.41. The van der Waals surface area contributed by atoms with Crippen LogP contribution in [0.1, 0.15) is 13.8 Å². The lowest BCUT2D eigenvalue weighted by molar-refractivity contribution is -0.384. The van der Waals surface area contributed by atoms with E-state index in [2.05, 4.69) is 29.5 Å². The van der Waals surface area contributed by atoms with E-state index < -0.39 is 4.92 Å². The third-order valence-electron chi connectivity index (χ3n) is 2.28. The van der Waals surface area contributed by atoms with Gasteiger partial charge >= 0.3 is 0 Å². The molecule has 7 nitrogen and oxygen atoms in total. The monoisotopic (exact) mass is 268 g/mol.